The molecule has 7 heteroatoms. The molecular weight excluding hydrogens is 302 g/mol. The fraction of sp³-hybridized carbons (Fsp3) is 0.176. The van der Waals surface area contributed by atoms with Crippen molar-refractivity contribution in [3.8, 4) is 0 Å². The van der Waals surface area contributed by atoms with Crippen molar-refractivity contribution in [2.45, 2.75) is 20.0 Å². The van der Waals surface area contributed by atoms with Crippen LogP contribution in [0.5, 0.6) is 0 Å². The molecule has 0 radical (unpaired) electrons. The molecule has 0 atom stereocenters. The summed E-state index contributed by atoms with van der Waals surface area (Å²) in [4.78, 5) is 13.0. The number of anilines is 2. The first-order chi connectivity index (χ1) is 11.8. The highest BCUT2D eigenvalue weighted by Crippen LogP contribution is 2.21. The lowest BCUT2D eigenvalue weighted by Gasteiger charge is -2.04. The van der Waals surface area contributed by atoms with E-state index in [-0.39, 0.29) is 0 Å². The van der Waals surface area contributed by atoms with Gasteiger partial charge in [-0.25, -0.2) is 15.0 Å². The number of rotatable bonds is 5. The first-order valence-corrected chi connectivity index (χ1v) is 7.82. The Morgan fingerprint density at radius 1 is 1.08 bits per heavy atom. The minimum atomic E-state index is 0.687. The Bertz CT molecular complexity index is 955. The normalized spacial score (nSPS) is 11.0. The Hall–Kier alpha value is -3.22. The molecule has 24 heavy (non-hydrogen) atoms. The lowest BCUT2D eigenvalue weighted by Crippen LogP contribution is -2.00. The second-order valence-corrected chi connectivity index (χ2v) is 5.46. The summed E-state index contributed by atoms with van der Waals surface area (Å²) in [6, 6.07) is 10.2. The molecule has 0 saturated heterocycles. The van der Waals surface area contributed by atoms with Crippen LogP contribution in [0.1, 0.15) is 12.5 Å². The van der Waals surface area contributed by atoms with Crippen LogP contribution in [-0.4, -0.2) is 29.3 Å². The van der Waals surface area contributed by atoms with Crippen LogP contribution in [-0.2, 0) is 13.1 Å². The van der Waals surface area contributed by atoms with Crippen LogP contribution < -0.4 is 5.32 Å². The summed E-state index contributed by atoms with van der Waals surface area (Å²) in [6.07, 6.45) is 7.07. The second kappa shape index (κ2) is 6.11. The maximum atomic E-state index is 4.41. The quantitative estimate of drug-likeness (QED) is 0.612. The maximum absolute atomic E-state index is 4.41. The van der Waals surface area contributed by atoms with Gasteiger partial charge in [-0.05, 0) is 12.5 Å². The van der Waals surface area contributed by atoms with E-state index in [0.717, 1.165) is 29.9 Å². The molecule has 0 amide bonds. The van der Waals surface area contributed by atoms with E-state index in [1.54, 1.807) is 18.9 Å². The third-order valence-corrected chi connectivity index (χ3v) is 3.83. The number of nitrogens with zero attached hydrogens (tertiary/aromatic N) is 6. The van der Waals surface area contributed by atoms with Gasteiger partial charge >= 0.3 is 0 Å². The van der Waals surface area contributed by atoms with E-state index in [1.807, 2.05) is 33.6 Å². The predicted molar refractivity (Wildman–Crippen MR) is 92.1 cm³/mol. The van der Waals surface area contributed by atoms with Crippen molar-refractivity contribution in [1.29, 1.82) is 0 Å². The van der Waals surface area contributed by atoms with E-state index in [4.69, 9.17) is 0 Å². The minimum Gasteiger partial charge on any atom is -0.336 e. The van der Waals surface area contributed by atoms with Gasteiger partial charge < -0.3 is 9.88 Å². The molecule has 0 unspecified atom stereocenters. The van der Waals surface area contributed by atoms with Crippen molar-refractivity contribution in [3.05, 3.63) is 60.9 Å². The summed E-state index contributed by atoms with van der Waals surface area (Å²) in [5.74, 6) is 0.687. The summed E-state index contributed by atoms with van der Waals surface area (Å²) < 4.78 is 3.88. The predicted octanol–water partition coefficient (Wildman–Crippen LogP) is 2.83. The van der Waals surface area contributed by atoms with Gasteiger partial charge in [-0.3, -0.25) is 4.68 Å². The SMILES string of the molecule is CCn1cnc2c(Nc3cnn(Cc4ccccc4)c3)ncnc21. The number of aryl methyl sites for hydroxylation is 1. The molecule has 0 fully saturated rings. The van der Waals surface area contributed by atoms with Crippen molar-refractivity contribution in [1.82, 2.24) is 29.3 Å². The molecule has 4 rings (SSSR count). The molecule has 0 saturated carbocycles. The smallest absolute Gasteiger partial charge is 0.165 e. The van der Waals surface area contributed by atoms with Gasteiger partial charge in [0.2, 0.25) is 0 Å². The van der Waals surface area contributed by atoms with Gasteiger partial charge in [0.15, 0.2) is 17.0 Å². The molecule has 3 heterocycles. The summed E-state index contributed by atoms with van der Waals surface area (Å²) in [5, 5.41) is 7.67. The highest BCUT2D eigenvalue weighted by molar-refractivity contribution is 5.84. The van der Waals surface area contributed by atoms with Crippen LogP contribution >= 0.6 is 0 Å². The van der Waals surface area contributed by atoms with Crippen LogP contribution in [0.2, 0.25) is 0 Å². The van der Waals surface area contributed by atoms with Crippen LogP contribution in [0.15, 0.2) is 55.4 Å². The number of aromatic nitrogens is 6. The fourth-order valence-electron chi connectivity index (χ4n) is 2.63. The Kier molecular flexibility index (Phi) is 3.66. The van der Waals surface area contributed by atoms with Gasteiger partial charge in [0.25, 0.3) is 0 Å². The molecule has 4 aromatic rings. The largest absolute Gasteiger partial charge is 0.336 e. The van der Waals surface area contributed by atoms with E-state index < -0.39 is 0 Å². The summed E-state index contributed by atoms with van der Waals surface area (Å²) in [6.45, 7) is 3.61. The molecule has 0 aliphatic carbocycles. The summed E-state index contributed by atoms with van der Waals surface area (Å²) >= 11 is 0. The molecule has 1 aromatic carbocycles. The fourth-order valence-corrected chi connectivity index (χ4v) is 2.63. The summed E-state index contributed by atoms with van der Waals surface area (Å²) in [7, 11) is 0. The lowest BCUT2D eigenvalue weighted by molar-refractivity contribution is 0.687. The van der Waals surface area contributed by atoms with Crippen LogP contribution in [0.25, 0.3) is 11.2 Å². The monoisotopic (exact) mass is 319 g/mol. The highest BCUT2D eigenvalue weighted by Gasteiger charge is 2.10. The second-order valence-electron chi connectivity index (χ2n) is 5.46. The van der Waals surface area contributed by atoms with Crippen LogP contribution in [0.4, 0.5) is 11.5 Å². The molecule has 0 aliphatic rings. The molecule has 0 bridgehead atoms. The van der Waals surface area contributed by atoms with E-state index >= 15 is 0 Å². The molecular formula is C17H17N7. The van der Waals surface area contributed by atoms with Crippen LogP contribution in [0, 0.1) is 0 Å². The maximum Gasteiger partial charge on any atom is 0.165 e. The van der Waals surface area contributed by atoms with Crippen LogP contribution in [0.3, 0.4) is 0 Å². The Morgan fingerprint density at radius 3 is 2.79 bits per heavy atom. The lowest BCUT2D eigenvalue weighted by atomic mass is 10.2. The minimum absolute atomic E-state index is 0.687. The van der Waals surface area contributed by atoms with E-state index in [9.17, 15) is 0 Å². The number of nitrogens with one attached hydrogen (secondary N) is 1. The van der Waals surface area contributed by atoms with Gasteiger partial charge in [0.05, 0.1) is 24.8 Å². The van der Waals surface area contributed by atoms with Crippen molar-refractivity contribution in [2.24, 2.45) is 0 Å². The third kappa shape index (κ3) is 2.71. The van der Waals surface area contributed by atoms with Crippen molar-refractivity contribution < 1.29 is 0 Å². The first kappa shape index (κ1) is 14.4. The van der Waals surface area contributed by atoms with Gasteiger partial charge in [-0.1, -0.05) is 30.3 Å². The number of benzene rings is 1. The topological polar surface area (TPSA) is 73.5 Å². The molecule has 0 aliphatic heterocycles. The molecule has 1 N–H and O–H groups in total. The number of hydrogen-bond acceptors (Lipinski definition) is 5. The first-order valence-electron chi connectivity index (χ1n) is 7.82. The molecule has 0 spiro atoms. The Balaban J connectivity index is 1.57. The zero-order valence-electron chi connectivity index (χ0n) is 13.3. The Labute approximate surface area is 139 Å². The standard InChI is InChI=1S/C17H17N7/c1-2-23-12-20-15-16(18-11-19-17(15)23)22-14-8-21-24(10-14)9-13-6-4-3-5-7-13/h3-8,10-12H,2,9H2,1H3,(H,18,19,22). The van der Waals surface area contributed by atoms with E-state index in [0.29, 0.717) is 5.82 Å². The van der Waals surface area contributed by atoms with Gasteiger partial charge in [-0.2, -0.15) is 5.10 Å². The highest BCUT2D eigenvalue weighted by atomic mass is 15.3. The zero-order valence-corrected chi connectivity index (χ0v) is 13.3. The van der Waals surface area contributed by atoms with Crippen molar-refractivity contribution >= 4 is 22.7 Å². The molecule has 120 valence electrons. The molecule has 7 nitrogen and oxygen atoms in total. The zero-order chi connectivity index (χ0) is 16.4. The number of imidazole rings is 1. The Morgan fingerprint density at radius 2 is 1.96 bits per heavy atom. The number of fused-ring (bicyclic) bond motifs is 1. The number of hydrogen-bond donors (Lipinski definition) is 1. The third-order valence-electron chi connectivity index (χ3n) is 3.83. The van der Waals surface area contributed by atoms with Gasteiger partial charge in [0, 0.05) is 12.7 Å². The van der Waals surface area contributed by atoms with Gasteiger partial charge in [-0.15, -0.1) is 0 Å². The average molecular weight is 319 g/mol. The van der Waals surface area contributed by atoms with E-state index in [1.165, 1.54) is 5.56 Å². The van der Waals surface area contributed by atoms with Crippen molar-refractivity contribution in [3.63, 3.8) is 0 Å². The van der Waals surface area contributed by atoms with Gasteiger partial charge in [0.1, 0.15) is 6.33 Å². The van der Waals surface area contributed by atoms with E-state index in [2.05, 4.69) is 44.4 Å². The average Bonchev–Trinajstić information content (AvgIpc) is 3.23. The summed E-state index contributed by atoms with van der Waals surface area (Å²) in [5.41, 5.74) is 3.66. The molecule has 3 aromatic heterocycles. The van der Waals surface area contributed by atoms with Crippen molar-refractivity contribution in [2.75, 3.05) is 5.32 Å².